The number of carbonyl (C=O) groups excluding carboxylic acids is 1. The predicted molar refractivity (Wildman–Crippen MR) is 70.5 cm³/mol. The van der Waals surface area contributed by atoms with E-state index in [1.54, 1.807) is 12.1 Å². The molecule has 0 heterocycles. The number of aromatic hydroxyl groups is 1. The third-order valence-electron chi connectivity index (χ3n) is 2.31. The van der Waals surface area contributed by atoms with E-state index < -0.39 is 0 Å². The van der Waals surface area contributed by atoms with Crippen LogP contribution >= 0.6 is 0 Å². The van der Waals surface area contributed by atoms with Crippen molar-refractivity contribution in [2.75, 3.05) is 25.5 Å². The third kappa shape index (κ3) is 4.10. The Morgan fingerprint density at radius 2 is 2.28 bits per heavy atom. The molecule has 0 spiro atoms. The summed E-state index contributed by atoms with van der Waals surface area (Å²) in [5.41, 5.74) is 5.86. The van der Waals surface area contributed by atoms with Crippen LogP contribution in [-0.2, 0) is 4.74 Å². The van der Waals surface area contributed by atoms with Gasteiger partial charge in [-0.15, -0.1) is 6.58 Å². The fraction of sp³-hybridized carbons (Fsp3) is 0.308. The molecular weight excluding hydrogens is 232 g/mol. The first-order chi connectivity index (χ1) is 8.66. The van der Waals surface area contributed by atoms with Gasteiger partial charge in [-0.1, -0.05) is 12.1 Å². The molecule has 0 unspecified atom stereocenters. The average molecular weight is 250 g/mol. The summed E-state index contributed by atoms with van der Waals surface area (Å²) in [4.78, 5) is 11.7. The van der Waals surface area contributed by atoms with Crippen LogP contribution in [0.25, 0.3) is 0 Å². The molecule has 0 aliphatic carbocycles. The zero-order valence-electron chi connectivity index (χ0n) is 10.2. The van der Waals surface area contributed by atoms with Crippen molar-refractivity contribution in [2.45, 2.75) is 6.42 Å². The van der Waals surface area contributed by atoms with Crippen molar-refractivity contribution in [1.29, 1.82) is 0 Å². The van der Waals surface area contributed by atoms with E-state index in [9.17, 15) is 9.90 Å². The minimum absolute atomic E-state index is 0.168. The minimum atomic E-state index is -0.368. The van der Waals surface area contributed by atoms with E-state index >= 15 is 0 Å². The van der Waals surface area contributed by atoms with Crippen molar-refractivity contribution in [3.63, 3.8) is 0 Å². The van der Waals surface area contributed by atoms with Crippen LogP contribution in [0, 0.1) is 0 Å². The Bertz CT molecular complexity index is 419. The van der Waals surface area contributed by atoms with Crippen LogP contribution in [0.3, 0.4) is 0 Å². The highest BCUT2D eigenvalue weighted by molar-refractivity contribution is 5.98. The van der Waals surface area contributed by atoms with Crippen LogP contribution in [0.4, 0.5) is 5.69 Å². The number of ether oxygens (including phenoxy) is 1. The predicted octanol–water partition coefficient (Wildman–Crippen LogP) is 1.30. The molecule has 0 aromatic heterocycles. The normalized spacial score (nSPS) is 10.0. The van der Waals surface area contributed by atoms with Crippen LogP contribution in [-0.4, -0.2) is 30.8 Å². The number of benzene rings is 1. The molecule has 1 amide bonds. The largest absolute Gasteiger partial charge is 0.505 e. The van der Waals surface area contributed by atoms with E-state index in [-0.39, 0.29) is 22.9 Å². The first kappa shape index (κ1) is 14.1. The van der Waals surface area contributed by atoms with E-state index in [2.05, 4.69) is 11.9 Å². The summed E-state index contributed by atoms with van der Waals surface area (Å²) in [5.74, 6) is -0.560. The summed E-state index contributed by atoms with van der Waals surface area (Å²) in [6.45, 7) is 4.96. The standard InChI is InChI=1S/C13H18N2O3/c1-2-3-8-18-9-7-15-13(17)10-5-4-6-11(14)12(10)16/h2,4-6,16H,1,3,7-9,14H2,(H,15,17). The van der Waals surface area contributed by atoms with Gasteiger partial charge in [-0.3, -0.25) is 4.79 Å². The second-order valence-electron chi connectivity index (χ2n) is 3.69. The highest BCUT2D eigenvalue weighted by Crippen LogP contribution is 2.23. The summed E-state index contributed by atoms with van der Waals surface area (Å²) in [5, 5.41) is 12.3. The Labute approximate surface area is 106 Å². The molecule has 1 rings (SSSR count). The fourth-order valence-electron chi connectivity index (χ4n) is 1.35. The number of carbonyl (C=O) groups is 1. The van der Waals surface area contributed by atoms with Crippen molar-refractivity contribution in [2.24, 2.45) is 0 Å². The van der Waals surface area contributed by atoms with Crippen molar-refractivity contribution < 1.29 is 14.6 Å². The third-order valence-corrected chi connectivity index (χ3v) is 2.31. The molecule has 98 valence electrons. The number of nitrogens with two attached hydrogens (primary N) is 1. The van der Waals surface area contributed by atoms with E-state index in [0.29, 0.717) is 19.8 Å². The summed E-state index contributed by atoms with van der Waals surface area (Å²) in [7, 11) is 0. The Morgan fingerprint density at radius 1 is 1.50 bits per heavy atom. The fourth-order valence-corrected chi connectivity index (χ4v) is 1.35. The maximum Gasteiger partial charge on any atom is 0.255 e. The molecule has 1 aromatic rings. The number of amides is 1. The maximum absolute atomic E-state index is 11.7. The Balaban J connectivity index is 2.37. The topological polar surface area (TPSA) is 84.6 Å². The molecule has 0 fully saturated rings. The van der Waals surface area contributed by atoms with Gasteiger partial charge in [-0.05, 0) is 18.6 Å². The van der Waals surface area contributed by atoms with Crippen molar-refractivity contribution >= 4 is 11.6 Å². The lowest BCUT2D eigenvalue weighted by molar-refractivity contribution is 0.0915. The number of nitrogens with one attached hydrogen (secondary N) is 1. The summed E-state index contributed by atoms with van der Waals surface area (Å²) < 4.78 is 5.24. The SMILES string of the molecule is C=CCCOCCNC(=O)c1cccc(N)c1O. The molecule has 18 heavy (non-hydrogen) atoms. The molecule has 5 nitrogen and oxygen atoms in total. The first-order valence-electron chi connectivity index (χ1n) is 5.71. The van der Waals surface area contributed by atoms with Gasteiger partial charge in [0.25, 0.3) is 5.91 Å². The molecule has 0 atom stereocenters. The van der Waals surface area contributed by atoms with E-state index in [1.165, 1.54) is 12.1 Å². The van der Waals surface area contributed by atoms with E-state index in [1.807, 2.05) is 0 Å². The van der Waals surface area contributed by atoms with Crippen molar-refractivity contribution in [3.05, 3.63) is 36.4 Å². The second kappa shape index (κ2) is 7.34. The van der Waals surface area contributed by atoms with Crippen LogP contribution < -0.4 is 11.1 Å². The van der Waals surface area contributed by atoms with Crippen LogP contribution in [0.15, 0.2) is 30.9 Å². The van der Waals surface area contributed by atoms with Gasteiger partial charge in [0.05, 0.1) is 24.5 Å². The molecule has 0 bridgehead atoms. The highest BCUT2D eigenvalue weighted by atomic mass is 16.5. The molecule has 0 aliphatic heterocycles. The Morgan fingerprint density at radius 3 is 3.00 bits per heavy atom. The number of para-hydroxylation sites is 1. The number of phenols is 1. The molecule has 1 aromatic carbocycles. The number of phenolic OH excluding ortho intramolecular Hbond substituents is 1. The second-order valence-corrected chi connectivity index (χ2v) is 3.69. The number of hydrogen-bond acceptors (Lipinski definition) is 4. The molecule has 0 radical (unpaired) electrons. The molecule has 0 saturated heterocycles. The van der Waals surface area contributed by atoms with Gasteiger partial charge in [0.1, 0.15) is 0 Å². The molecule has 0 saturated carbocycles. The Kier molecular flexibility index (Phi) is 5.73. The van der Waals surface area contributed by atoms with Gasteiger partial charge in [-0.25, -0.2) is 0 Å². The minimum Gasteiger partial charge on any atom is -0.505 e. The van der Waals surface area contributed by atoms with Crippen LogP contribution in [0.5, 0.6) is 5.75 Å². The molecular formula is C13H18N2O3. The van der Waals surface area contributed by atoms with Crippen LogP contribution in [0.2, 0.25) is 0 Å². The maximum atomic E-state index is 11.7. The van der Waals surface area contributed by atoms with Gasteiger partial charge < -0.3 is 20.9 Å². The number of anilines is 1. The van der Waals surface area contributed by atoms with E-state index in [4.69, 9.17) is 10.5 Å². The number of nitrogen functional groups attached to an aromatic ring is 1. The van der Waals surface area contributed by atoms with Crippen molar-refractivity contribution in [1.82, 2.24) is 5.32 Å². The monoisotopic (exact) mass is 250 g/mol. The van der Waals surface area contributed by atoms with Gasteiger partial charge >= 0.3 is 0 Å². The van der Waals surface area contributed by atoms with Crippen LogP contribution in [0.1, 0.15) is 16.8 Å². The van der Waals surface area contributed by atoms with E-state index in [0.717, 1.165) is 6.42 Å². The zero-order valence-corrected chi connectivity index (χ0v) is 10.2. The molecule has 0 aliphatic rings. The Hall–Kier alpha value is -2.01. The first-order valence-corrected chi connectivity index (χ1v) is 5.71. The summed E-state index contributed by atoms with van der Waals surface area (Å²) >= 11 is 0. The highest BCUT2D eigenvalue weighted by Gasteiger charge is 2.11. The smallest absolute Gasteiger partial charge is 0.255 e. The molecule has 5 heteroatoms. The lowest BCUT2D eigenvalue weighted by Crippen LogP contribution is -2.27. The lowest BCUT2D eigenvalue weighted by atomic mass is 10.1. The quantitative estimate of drug-likeness (QED) is 0.295. The van der Waals surface area contributed by atoms with Gasteiger partial charge in [0.2, 0.25) is 0 Å². The average Bonchev–Trinajstić information content (AvgIpc) is 2.36. The number of hydrogen-bond donors (Lipinski definition) is 3. The van der Waals surface area contributed by atoms with Gasteiger partial charge in [0, 0.05) is 6.54 Å². The zero-order chi connectivity index (χ0) is 13.4. The summed E-state index contributed by atoms with van der Waals surface area (Å²) in [6.07, 6.45) is 2.55. The van der Waals surface area contributed by atoms with Gasteiger partial charge in [0.15, 0.2) is 5.75 Å². The van der Waals surface area contributed by atoms with Crippen molar-refractivity contribution in [3.8, 4) is 5.75 Å². The lowest BCUT2D eigenvalue weighted by Gasteiger charge is -2.08. The summed E-state index contributed by atoms with van der Waals surface area (Å²) in [6, 6.07) is 4.66. The van der Waals surface area contributed by atoms with Gasteiger partial charge in [-0.2, -0.15) is 0 Å². The number of rotatable bonds is 7. The molecule has 4 N–H and O–H groups in total.